The first kappa shape index (κ1) is 27.7. The van der Waals surface area contributed by atoms with Gasteiger partial charge in [0.25, 0.3) is 5.91 Å². The van der Waals surface area contributed by atoms with Crippen molar-refractivity contribution in [2.75, 3.05) is 46.3 Å². The number of hydrogen-bond donors (Lipinski definition) is 0. The van der Waals surface area contributed by atoms with Crippen LogP contribution in [-0.2, 0) is 0 Å². The molecule has 0 fully saturated rings. The van der Waals surface area contributed by atoms with E-state index in [0.29, 0.717) is 56.3 Å². The summed E-state index contributed by atoms with van der Waals surface area (Å²) in [4.78, 5) is 22.6. The molecule has 2 aromatic carbocycles. The minimum atomic E-state index is -0.255. The van der Waals surface area contributed by atoms with Gasteiger partial charge in [0.05, 0.1) is 19.2 Å². The van der Waals surface area contributed by atoms with Crippen molar-refractivity contribution < 1.29 is 18.8 Å². The first-order chi connectivity index (χ1) is 16.8. The van der Waals surface area contributed by atoms with Crippen molar-refractivity contribution >= 4 is 56.6 Å². The molecule has 4 aromatic rings. The zero-order valence-corrected chi connectivity index (χ0v) is 23.1. The fourth-order valence-electron chi connectivity index (χ4n) is 3.81. The number of benzene rings is 2. The normalized spacial score (nSPS) is 11.0. The van der Waals surface area contributed by atoms with Crippen molar-refractivity contribution in [1.82, 2.24) is 15.0 Å². The Morgan fingerprint density at radius 2 is 1.78 bits per heavy atom. The lowest BCUT2D eigenvalue weighted by molar-refractivity contribution is 0.0985. The van der Waals surface area contributed by atoms with Gasteiger partial charge in [-0.05, 0) is 52.2 Å². The van der Waals surface area contributed by atoms with Crippen LogP contribution in [0.15, 0.2) is 40.9 Å². The topological polar surface area (TPSA) is 80.9 Å². The molecule has 0 radical (unpaired) electrons. The molecule has 0 spiro atoms. The Kier molecular flexibility index (Phi) is 9.19. The lowest BCUT2D eigenvalue weighted by atomic mass is 10.1. The molecule has 0 aliphatic carbocycles. The van der Waals surface area contributed by atoms with Crippen molar-refractivity contribution in [3.8, 4) is 22.8 Å². The Morgan fingerprint density at radius 1 is 1.08 bits per heavy atom. The highest BCUT2D eigenvalue weighted by Gasteiger charge is 2.30. The van der Waals surface area contributed by atoms with Gasteiger partial charge in [-0.3, -0.25) is 9.69 Å². The lowest BCUT2D eigenvalue weighted by Crippen LogP contribution is -2.34. The average Bonchev–Trinajstić information content (AvgIpc) is 3.45. The van der Waals surface area contributed by atoms with Crippen LogP contribution in [0.5, 0.6) is 11.5 Å². The highest BCUT2D eigenvalue weighted by molar-refractivity contribution is 7.22. The van der Waals surface area contributed by atoms with Crippen molar-refractivity contribution in [3.63, 3.8) is 0 Å². The van der Waals surface area contributed by atoms with E-state index in [2.05, 4.69) is 10.1 Å². The third-order valence-electron chi connectivity index (χ3n) is 5.57. The van der Waals surface area contributed by atoms with Crippen LogP contribution in [0.1, 0.15) is 22.5 Å². The molecule has 2 aromatic heterocycles. The van der Waals surface area contributed by atoms with Gasteiger partial charge in [-0.1, -0.05) is 46.3 Å². The number of nitrogens with zero attached hydrogens (tertiary/aromatic N) is 4. The van der Waals surface area contributed by atoms with Crippen molar-refractivity contribution in [2.45, 2.75) is 13.3 Å². The lowest BCUT2D eigenvalue weighted by Gasteiger charge is -2.21. The number of aryl methyl sites for hydroxylation is 1. The molecule has 1 amide bonds. The predicted octanol–water partition coefficient (Wildman–Crippen LogP) is 5.95. The standard InChI is InChI=1S/C25H27ClN4O4S.ClH/c1-15-20(21(28-34-15)16-9-6-7-10-17(16)26)24(31)30(14-8-13-29(2)3)25-27-22-18(32-4)11-12-19(33-5)23(22)35-25;/h6-7,9-12H,8,13-14H2,1-5H3;1H. The second kappa shape index (κ2) is 11.9. The fourth-order valence-corrected chi connectivity index (χ4v) is 5.14. The predicted molar refractivity (Wildman–Crippen MR) is 147 cm³/mol. The summed E-state index contributed by atoms with van der Waals surface area (Å²) in [6, 6.07) is 10.9. The van der Waals surface area contributed by atoms with Crippen LogP contribution in [0, 0.1) is 6.92 Å². The number of carbonyl (C=O) groups excluding carboxylic acids is 1. The Morgan fingerprint density at radius 3 is 2.44 bits per heavy atom. The first-order valence-corrected chi connectivity index (χ1v) is 12.2. The van der Waals surface area contributed by atoms with Crippen LogP contribution in [0.3, 0.4) is 0 Å². The van der Waals surface area contributed by atoms with Gasteiger partial charge in [0.15, 0.2) is 5.13 Å². The summed E-state index contributed by atoms with van der Waals surface area (Å²) in [5.41, 5.74) is 2.05. The number of fused-ring (bicyclic) bond motifs is 1. The molecule has 2 heterocycles. The fraction of sp³-hybridized carbons (Fsp3) is 0.320. The van der Waals surface area contributed by atoms with Crippen molar-refractivity contribution in [2.24, 2.45) is 0 Å². The van der Waals surface area contributed by atoms with Gasteiger partial charge in [0.2, 0.25) is 0 Å². The van der Waals surface area contributed by atoms with Crippen molar-refractivity contribution in [1.29, 1.82) is 0 Å². The molecule has 192 valence electrons. The molecule has 11 heteroatoms. The third kappa shape index (κ3) is 5.44. The molecule has 36 heavy (non-hydrogen) atoms. The molecule has 0 N–H and O–H groups in total. The molecule has 0 saturated carbocycles. The number of aromatic nitrogens is 2. The highest BCUT2D eigenvalue weighted by atomic mass is 35.5. The van der Waals surface area contributed by atoms with Crippen LogP contribution >= 0.6 is 35.3 Å². The van der Waals surface area contributed by atoms with E-state index in [9.17, 15) is 4.79 Å². The summed E-state index contributed by atoms with van der Waals surface area (Å²) in [6.07, 6.45) is 0.745. The Labute approximate surface area is 225 Å². The molecule has 0 aliphatic rings. The minimum Gasteiger partial charge on any atom is -0.495 e. The number of methoxy groups -OCH3 is 2. The molecule has 0 bridgehead atoms. The number of hydrogen-bond acceptors (Lipinski definition) is 8. The maximum Gasteiger partial charge on any atom is 0.265 e. The van der Waals surface area contributed by atoms with Gasteiger partial charge in [-0.15, -0.1) is 12.4 Å². The van der Waals surface area contributed by atoms with Crippen LogP contribution < -0.4 is 14.4 Å². The van der Waals surface area contributed by atoms with E-state index in [0.717, 1.165) is 17.7 Å². The van der Waals surface area contributed by atoms with Gasteiger partial charge in [-0.2, -0.15) is 0 Å². The number of anilines is 1. The van der Waals surface area contributed by atoms with Gasteiger partial charge in [-0.25, -0.2) is 4.98 Å². The monoisotopic (exact) mass is 550 g/mol. The summed E-state index contributed by atoms with van der Waals surface area (Å²) in [7, 11) is 7.20. The van der Waals surface area contributed by atoms with E-state index >= 15 is 0 Å². The van der Waals surface area contributed by atoms with E-state index in [-0.39, 0.29) is 18.3 Å². The second-order valence-electron chi connectivity index (χ2n) is 8.20. The molecule has 0 aliphatic heterocycles. The summed E-state index contributed by atoms with van der Waals surface area (Å²) in [5.74, 6) is 1.44. The molecular formula is C25H28Cl2N4O4S. The molecule has 0 saturated heterocycles. The number of rotatable bonds is 9. The molecule has 0 unspecified atom stereocenters. The summed E-state index contributed by atoms with van der Waals surface area (Å²) in [5, 5.41) is 5.21. The van der Waals surface area contributed by atoms with E-state index in [4.69, 9.17) is 30.6 Å². The van der Waals surface area contributed by atoms with E-state index < -0.39 is 0 Å². The largest absolute Gasteiger partial charge is 0.495 e. The highest BCUT2D eigenvalue weighted by Crippen LogP contribution is 2.41. The number of carbonyl (C=O) groups is 1. The van der Waals surface area contributed by atoms with Crippen LogP contribution in [0.2, 0.25) is 5.02 Å². The summed E-state index contributed by atoms with van der Waals surface area (Å²) in [6.45, 7) is 2.98. The first-order valence-electron chi connectivity index (χ1n) is 11.0. The Bertz CT molecular complexity index is 1310. The molecule has 8 nitrogen and oxygen atoms in total. The maximum atomic E-state index is 14.1. The zero-order chi connectivity index (χ0) is 25.1. The SMILES string of the molecule is COc1ccc(OC)c2sc(N(CCCN(C)C)C(=O)c3c(-c4ccccc4Cl)noc3C)nc12.Cl. The van der Waals surface area contributed by atoms with Crippen LogP contribution in [0.4, 0.5) is 5.13 Å². The number of amides is 1. The number of halogens is 2. The summed E-state index contributed by atoms with van der Waals surface area (Å²) < 4.78 is 17.3. The van der Waals surface area contributed by atoms with E-state index in [1.807, 2.05) is 44.4 Å². The Balaban J connectivity index is 0.00000361. The molecule has 4 rings (SSSR count). The number of thiazole rings is 1. The molecule has 0 atom stereocenters. The van der Waals surface area contributed by atoms with Crippen molar-refractivity contribution in [3.05, 3.63) is 52.7 Å². The van der Waals surface area contributed by atoms with Crippen LogP contribution in [-0.4, -0.2) is 62.4 Å². The average molecular weight is 551 g/mol. The Hall–Kier alpha value is -2.85. The second-order valence-corrected chi connectivity index (χ2v) is 9.58. The van der Waals surface area contributed by atoms with Gasteiger partial charge >= 0.3 is 0 Å². The van der Waals surface area contributed by atoms with Crippen LogP contribution in [0.25, 0.3) is 21.5 Å². The third-order valence-corrected chi connectivity index (χ3v) is 6.99. The number of ether oxygens (including phenoxy) is 2. The smallest absolute Gasteiger partial charge is 0.265 e. The molecular weight excluding hydrogens is 523 g/mol. The van der Waals surface area contributed by atoms with Gasteiger partial charge < -0.3 is 18.9 Å². The van der Waals surface area contributed by atoms with E-state index in [1.165, 1.54) is 11.3 Å². The summed E-state index contributed by atoms with van der Waals surface area (Å²) >= 11 is 7.81. The van der Waals surface area contributed by atoms with Gasteiger partial charge in [0, 0.05) is 12.1 Å². The minimum absolute atomic E-state index is 0. The zero-order valence-electron chi connectivity index (χ0n) is 20.7. The quantitative estimate of drug-likeness (QED) is 0.254. The van der Waals surface area contributed by atoms with Gasteiger partial charge in [0.1, 0.15) is 38.7 Å². The maximum absolute atomic E-state index is 14.1. The van der Waals surface area contributed by atoms with E-state index in [1.54, 1.807) is 32.1 Å².